The Morgan fingerprint density at radius 3 is 2.95 bits per heavy atom. The fourth-order valence-electron chi connectivity index (χ4n) is 3.42. The molecule has 0 saturated carbocycles. The van der Waals surface area contributed by atoms with Gasteiger partial charge in [-0.1, -0.05) is 0 Å². The molecule has 1 aromatic heterocycles. The van der Waals surface area contributed by atoms with E-state index in [0.29, 0.717) is 5.91 Å². The second kappa shape index (κ2) is 5.00. The highest BCUT2D eigenvalue weighted by Crippen LogP contribution is 2.29. The van der Waals surface area contributed by atoms with Crippen molar-refractivity contribution in [3.63, 3.8) is 0 Å². The van der Waals surface area contributed by atoms with Crippen LogP contribution in [0, 0.1) is 12.8 Å². The Morgan fingerprint density at radius 1 is 1.37 bits per heavy atom. The smallest absolute Gasteiger partial charge is 0.227 e. The first-order chi connectivity index (χ1) is 9.18. The van der Waals surface area contributed by atoms with Crippen molar-refractivity contribution in [3.8, 4) is 0 Å². The van der Waals surface area contributed by atoms with E-state index >= 15 is 0 Å². The molecule has 2 aliphatic heterocycles. The predicted octanol–water partition coefficient (Wildman–Crippen LogP) is 1.70. The number of hydrogen-bond donors (Lipinski definition) is 1. The number of carbonyl (C=O) groups is 1. The number of nitrogens with one attached hydrogen (secondary N) is 1. The zero-order chi connectivity index (χ0) is 13.4. The molecule has 1 unspecified atom stereocenters. The highest BCUT2D eigenvalue weighted by atomic mass is 16.2. The predicted molar refractivity (Wildman–Crippen MR) is 74.9 cm³/mol. The van der Waals surface area contributed by atoms with E-state index < -0.39 is 0 Å². The Balaban J connectivity index is 1.77. The molecule has 1 amide bonds. The summed E-state index contributed by atoms with van der Waals surface area (Å²) in [5.74, 6) is 0.517. The molecule has 3 heterocycles. The molecular weight excluding hydrogens is 238 g/mol. The molecule has 2 aliphatic rings. The van der Waals surface area contributed by atoms with Gasteiger partial charge >= 0.3 is 0 Å². The van der Waals surface area contributed by atoms with Gasteiger partial charge in [0.2, 0.25) is 5.91 Å². The van der Waals surface area contributed by atoms with Gasteiger partial charge in [-0.05, 0) is 45.4 Å². The molecule has 2 atom stereocenters. The summed E-state index contributed by atoms with van der Waals surface area (Å²) in [7, 11) is 0. The molecule has 1 N–H and O–H groups in total. The van der Waals surface area contributed by atoms with Crippen LogP contribution >= 0.6 is 0 Å². The molecular formula is C15H23N3O. The maximum atomic E-state index is 12.7. The van der Waals surface area contributed by atoms with Gasteiger partial charge in [0, 0.05) is 31.0 Å². The summed E-state index contributed by atoms with van der Waals surface area (Å²) in [5.41, 5.74) is 2.58. The van der Waals surface area contributed by atoms with Crippen LogP contribution in [0.1, 0.15) is 37.2 Å². The summed E-state index contributed by atoms with van der Waals surface area (Å²) in [6, 6.07) is 4.53. The van der Waals surface area contributed by atoms with Crippen molar-refractivity contribution in [1.29, 1.82) is 0 Å². The van der Waals surface area contributed by atoms with Crippen molar-refractivity contribution in [2.45, 2.75) is 39.3 Å². The average Bonchev–Trinajstić information content (AvgIpc) is 2.82. The van der Waals surface area contributed by atoms with E-state index in [9.17, 15) is 4.79 Å². The van der Waals surface area contributed by atoms with Crippen LogP contribution in [0.4, 0.5) is 0 Å². The van der Waals surface area contributed by atoms with Crippen molar-refractivity contribution >= 4 is 5.91 Å². The van der Waals surface area contributed by atoms with Gasteiger partial charge < -0.3 is 14.8 Å². The second-order valence-corrected chi connectivity index (χ2v) is 5.80. The van der Waals surface area contributed by atoms with Gasteiger partial charge in [-0.2, -0.15) is 0 Å². The summed E-state index contributed by atoms with van der Waals surface area (Å²) in [6.45, 7) is 7.98. The van der Waals surface area contributed by atoms with Crippen molar-refractivity contribution in [2.75, 3.05) is 19.6 Å². The summed E-state index contributed by atoms with van der Waals surface area (Å²) < 4.78 is 2.34. The van der Waals surface area contributed by atoms with Gasteiger partial charge in [0.15, 0.2) is 0 Å². The molecule has 104 valence electrons. The van der Waals surface area contributed by atoms with Crippen LogP contribution < -0.4 is 5.32 Å². The number of rotatable bonds is 1. The van der Waals surface area contributed by atoms with Crippen LogP contribution in [0.25, 0.3) is 0 Å². The highest BCUT2D eigenvalue weighted by Gasteiger charge is 2.32. The van der Waals surface area contributed by atoms with E-state index in [1.165, 1.54) is 11.4 Å². The summed E-state index contributed by atoms with van der Waals surface area (Å²) in [6.07, 6.45) is 2.16. The number of amides is 1. The van der Waals surface area contributed by atoms with Crippen molar-refractivity contribution in [1.82, 2.24) is 14.8 Å². The summed E-state index contributed by atoms with van der Waals surface area (Å²) in [4.78, 5) is 14.7. The standard InChI is InChI=1S/C15H23N3O/c1-11-5-6-14-12(2)18(9-8-17(11)14)15(19)13-4-3-7-16-10-13/h5-6,12-13,16H,3-4,7-10H2,1-2H3/t12?,13-/m0/s1. The minimum absolute atomic E-state index is 0.179. The molecule has 0 bridgehead atoms. The first kappa shape index (κ1) is 12.7. The fraction of sp³-hybridized carbons (Fsp3) is 0.667. The number of piperidine rings is 1. The third-order valence-corrected chi connectivity index (χ3v) is 4.62. The highest BCUT2D eigenvalue weighted by molar-refractivity contribution is 5.79. The first-order valence-corrected chi connectivity index (χ1v) is 7.35. The molecule has 0 spiro atoms. The number of aromatic nitrogens is 1. The van der Waals surface area contributed by atoms with Crippen LogP contribution in [0.5, 0.6) is 0 Å². The Kier molecular flexibility index (Phi) is 3.35. The Hall–Kier alpha value is -1.29. The van der Waals surface area contributed by atoms with Crippen molar-refractivity contribution in [3.05, 3.63) is 23.5 Å². The van der Waals surface area contributed by atoms with Gasteiger partial charge in [-0.15, -0.1) is 0 Å². The zero-order valence-corrected chi connectivity index (χ0v) is 11.9. The molecule has 19 heavy (non-hydrogen) atoms. The van der Waals surface area contributed by atoms with E-state index in [-0.39, 0.29) is 12.0 Å². The number of hydrogen-bond acceptors (Lipinski definition) is 2. The van der Waals surface area contributed by atoms with E-state index in [1.807, 2.05) is 0 Å². The van der Waals surface area contributed by atoms with Crippen molar-refractivity contribution < 1.29 is 4.79 Å². The summed E-state index contributed by atoms with van der Waals surface area (Å²) >= 11 is 0. The molecule has 0 radical (unpaired) electrons. The first-order valence-electron chi connectivity index (χ1n) is 7.35. The minimum atomic E-state index is 0.179. The van der Waals surface area contributed by atoms with Gasteiger partial charge in [0.1, 0.15) is 0 Å². The summed E-state index contributed by atoms with van der Waals surface area (Å²) in [5, 5.41) is 3.34. The van der Waals surface area contributed by atoms with Gasteiger partial charge in [-0.25, -0.2) is 0 Å². The quantitative estimate of drug-likeness (QED) is 0.835. The van der Waals surface area contributed by atoms with Crippen LogP contribution in [-0.2, 0) is 11.3 Å². The molecule has 1 aromatic rings. The Morgan fingerprint density at radius 2 is 2.21 bits per heavy atom. The molecule has 4 heteroatoms. The molecule has 3 rings (SSSR count). The third-order valence-electron chi connectivity index (χ3n) is 4.62. The average molecular weight is 261 g/mol. The van der Waals surface area contributed by atoms with E-state index in [4.69, 9.17) is 0 Å². The number of nitrogens with zero attached hydrogens (tertiary/aromatic N) is 2. The molecule has 1 fully saturated rings. The third kappa shape index (κ3) is 2.18. The van der Waals surface area contributed by atoms with E-state index in [1.54, 1.807) is 0 Å². The number of carbonyl (C=O) groups excluding carboxylic acids is 1. The van der Waals surface area contributed by atoms with E-state index in [2.05, 4.69) is 40.8 Å². The van der Waals surface area contributed by atoms with Crippen LogP contribution in [-0.4, -0.2) is 35.0 Å². The molecule has 0 aromatic carbocycles. The lowest BCUT2D eigenvalue weighted by atomic mass is 9.96. The topological polar surface area (TPSA) is 37.3 Å². The van der Waals surface area contributed by atoms with E-state index in [0.717, 1.165) is 39.0 Å². The number of aryl methyl sites for hydroxylation is 1. The van der Waals surface area contributed by atoms with Gasteiger partial charge in [0.25, 0.3) is 0 Å². The van der Waals surface area contributed by atoms with Gasteiger partial charge in [0.05, 0.1) is 12.0 Å². The molecule has 4 nitrogen and oxygen atoms in total. The largest absolute Gasteiger partial charge is 0.345 e. The van der Waals surface area contributed by atoms with Crippen LogP contribution in [0.15, 0.2) is 12.1 Å². The lowest BCUT2D eigenvalue weighted by Crippen LogP contribution is -2.47. The maximum Gasteiger partial charge on any atom is 0.227 e. The lowest BCUT2D eigenvalue weighted by molar-refractivity contribution is -0.139. The molecule has 1 saturated heterocycles. The second-order valence-electron chi connectivity index (χ2n) is 5.80. The minimum Gasteiger partial charge on any atom is -0.345 e. The molecule has 0 aliphatic carbocycles. The normalized spacial score (nSPS) is 27.2. The SMILES string of the molecule is Cc1ccc2n1CCN(C(=O)[C@H]1CCCNC1)C2C. The fourth-order valence-corrected chi connectivity index (χ4v) is 3.42. The van der Waals surface area contributed by atoms with Crippen LogP contribution in [0.3, 0.4) is 0 Å². The van der Waals surface area contributed by atoms with Crippen molar-refractivity contribution in [2.24, 2.45) is 5.92 Å². The Labute approximate surface area is 114 Å². The van der Waals surface area contributed by atoms with Gasteiger partial charge in [-0.3, -0.25) is 4.79 Å². The lowest BCUT2D eigenvalue weighted by Gasteiger charge is -2.38. The number of fused-ring (bicyclic) bond motifs is 1. The Bertz CT molecular complexity index is 474. The van der Waals surface area contributed by atoms with Crippen LogP contribution in [0.2, 0.25) is 0 Å². The zero-order valence-electron chi connectivity index (χ0n) is 11.9. The monoisotopic (exact) mass is 261 g/mol. The maximum absolute atomic E-state index is 12.7.